The minimum absolute atomic E-state index is 0.123. The van der Waals surface area contributed by atoms with Crippen molar-refractivity contribution in [2.45, 2.75) is 17.7 Å². The zero-order valence-electron chi connectivity index (χ0n) is 13.7. The molecule has 0 aromatic carbocycles. The summed E-state index contributed by atoms with van der Waals surface area (Å²) in [6.45, 7) is 1.34. The summed E-state index contributed by atoms with van der Waals surface area (Å²) in [6.07, 6.45) is 1.26. The van der Waals surface area contributed by atoms with E-state index in [-0.39, 0.29) is 17.0 Å². The number of fused-ring (bicyclic) bond motifs is 1. The molecule has 0 saturated heterocycles. The third-order valence-electron chi connectivity index (χ3n) is 3.44. The van der Waals surface area contributed by atoms with Gasteiger partial charge >= 0.3 is 5.97 Å². The molecule has 0 radical (unpaired) electrons. The van der Waals surface area contributed by atoms with Crippen LogP contribution >= 0.6 is 11.8 Å². The van der Waals surface area contributed by atoms with Crippen molar-refractivity contribution in [3.8, 4) is 5.75 Å². The predicted molar refractivity (Wildman–Crippen MR) is 93.2 cm³/mol. The molecule has 0 aliphatic rings. The first-order valence-corrected chi connectivity index (χ1v) is 8.55. The number of rotatable bonds is 6. The van der Waals surface area contributed by atoms with Crippen molar-refractivity contribution in [1.82, 2.24) is 24.9 Å². The number of carboxylic acid groups (broad SMARTS) is 1. The fourth-order valence-electron chi connectivity index (χ4n) is 2.33. The van der Waals surface area contributed by atoms with Gasteiger partial charge in [0.05, 0.1) is 5.69 Å². The zero-order chi connectivity index (χ0) is 18.7. The van der Waals surface area contributed by atoms with Gasteiger partial charge in [-0.1, -0.05) is 17.8 Å². The summed E-state index contributed by atoms with van der Waals surface area (Å²) in [6, 6.07) is 7.11. The molecule has 0 aliphatic heterocycles. The number of thioether (sulfide) groups is 1. The highest BCUT2D eigenvalue weighted by Crippen LogP contribution is 2.30. The number of aliphatic carboxylic acids is 1. The highest BCUT2D eigenvalue weighted by Gasteiger charge is 2.21. The molecule has 0 fully saturated rings. The van der Waals surface area contributed by atoms with Gasteiger partial charge in [-0.25, -0.2) is 9.50 Å². The van der Waals surface area contributed by atoms with Crippen molar-refractivity contribution >= 4 is 29.3 Å². The monoisotopic (exact) mass is 373 g/mol. The Bertz CT molecular complexity index is 988. The van der Waals surface area contributed by atoms with Crippen molar-refractivity contribution in [2.24, 2.45) is 0 Å². The predicted octanol–water partition coefficient (Wildman–Crippen LogP) is 1.25. The van der Waals surface area contributed by atoms with Crippen LogP contribution in [0.2, 0.25) is 0 Å². The van der Waals surface area contributed by atoms with Gasteiger partial charge in [-0.2, -0.15) is 5.10 Å². The standard InChI is InChI=1S/C16H15N5O4S/c1-9-3-2-4-10(20-9)7-26-12-5-11(22)14(15-18-8-19-21(12)15)16(25)17-6-13(23)24/h2-5,8,22H,6-7H2,1H3,(H,17,25)(H,23,24). The van der Waals surface area contributed by atoms with Crippen LogP contribution in [0.15, 0.2) is 35.6 Å². The molecule has 0 aliphatic carbocycles. The summed E-state index contributed by atoms with van der Waals surface area (Å²) in [4.78, 5) is 31.2. The zero-order valence-corrected chi connectivity index (χ0v) is 14.5. The fraction of sp³-hybridized carbons (Fsp3) is 0.188. The average Bonchev–Trinajstić information content (AvgIpc) is 3.07. The van der Waals surface area contributed by atoms with E-state index in [2.05, 4.69) is 20.4 Å². The first-order chi connectivity index (χ1) is 12.5. The molecule has 0 spiro atoms. The van der Waals surface area contributed by atoms with Gasteiger partial charge in [-0.15, -0.1) is 0 Å². The van der Waals surface area contributed by atoms with E-state index in [0.29, 0.717) is 10.8 Å². The number of carbonyl (C=O) groups is 2. The normalized spacial score (nSPS) is 10.8. The Hall–Kier alpha value is -3.14. The molecule has 3 N–H and O–H groups in total. The van der Waals surface area contributed by atoms with Gasteiger partial charge < -0.3 is 15.5 Å². The average molecular weight is 373 g/mol. The molecule has 9 nitrogen and oxygen atoms in total. The third kappa shape index (κ3) is 3.75. The molecule has 0 unspecified atom stereocenters. The fourth-order valence-corrected chi connectivity index (χ4v) is 3.24. The lowest BCUT2D eigenvalue weighted by Crippen LogP contribution is -2.29. The van der Waals surface area contributed by atoms with Gasteiger partial charge in [0.2, 0.25) is 0 Å². The van der Waals surface area contributed by atoms with E-state index in [4.69, 9.17) is 5.11 Å². The van der Waals surface area contributed by atoms with E-state index in [1.54, 1.807) is 0 Å². The highest BCUT2D eigenvalue weighted by molar-refractivity contribution is 7.98. The summed E-state index contributed by atoms with van der Waals surface area (Å²) < 4.78 is 1.43. The van der Waals surface area contributed by atoms with Crippen molar-refractivity contribution in [3.05, 3.63) is 47.5 Å². The molecular weight excluding hydrogens is 358 g/mol. The second-order valence-electron chi connectivity index (χ2n) is 5.37. The number of aromatic hydroxyl groups is 1. The molecule has 134 valence electrons. The Balaban J connectivity index is 1.89. The largest absolute Gasteiger partial charge is 0.507 e. The molecule has 26 heavy (non-hydrogen) atoms. The molecule has 0 saturated carbocycles. The summed E-state index contributed by atoms with van der Waals surface area (Å²) >= 11 is 1.38. The number of pyridine rings is 2. The summed E-state index contributed by atoms with van der Waals surface area (Å²) in [7, 11) is 0. The number of nitrogens with zero attached hydrogens (tertiary/aromatic N) is 4. The quantitative estimate of drug-likeness (QED) is 0.550. The number of hydrogen-bond donors (Lipinski definition) is 3. The van der Waals surface area contributed by atoms with E-state index in [0.717, 1.165) is 11.4 Å². The Morgan fingerprint density at radius 2 is 2.15 bits per heavy atom. The van der Waals surface area contributed by atoms with E-state index in [1.165, 1.54) is 28.7 Å². The van der Waals surface area contributed by atoms with Crippen LogP contribution in [0.4, 0.5) is 0 Å². The van der Waals surface area contributed by atoms with Gasteiger partial charge in [0.25, 0.3) is 5.91 Å². The van der Waals surface area contributed by atoms with E-state index in [1.807, 2.05) is 25.1 Å². The van der Waals surface area contributed by atoms with Crippen molar-refractivity contribution in [3.63, 3.8) is 0 Å². The second kappa shape index (κ2) is 7.40. The smallest absolute Gasteiger partial charge is 0.322 e. The molecular formula is C16H15N5O4S. The molecule has 3 heterocycles. The van der Waals surface area contributed by atoms with Crippen LogP contribution in [0.5, 0.6) is 5.75 Å². The van der Waals surface area contributed by atoms with Crippen LogP contribution in [0, 0.1) is 6.92 Å². The molecule has 3 aromatic heterocycles. The van der Waals surface area contributed by atoms with Gasteiger partial charge in [0.1, 0.15) is 29.2 Å². The number of aryl methyl sites for hydroxylation is 1. The molecule has 0 bridgehead atoms. The van der Waals surface area contributed by atoms with E-state index in [9.17, 15) is 14.7 Å². The maximum absolute atomic E-state index is 12.2. The second-order valence-corrected chi connectivity index (χ2v) is 6.37. The van der Waals surface area contributed by atoms with E-state index < -0.39 is 18.4 Å². The number of amides is 1. The lowest BCUT2D eigenvalue weighted by molar-refractivity contribution is -0.135. The summed E-state index contributed by atoms with van der Waals surface area (Å²) in [5.74, 6) is -1.68. The Morgan fingerprint density at radius 3 is 2.88 bits per heavy atom. The van der Waals surface area contributed by atoms with Crippen molar-refractivity contribution < 1.29 is 19.8 Å². The highest BCUT2D eigenvalue weighted by atomic mass is 32.2. The molecule has 3 aromatic rings. The number of hydrogen-bond acceptors (Lipinski definition) is 7. The summed E-state index contributed by atoms with van der Waals surface area (Å²) in [5.41, 5.74) is 1.79. The van der Waals surface area contributed by atoms with Crippen LogP contribution in [-0.2, 0) is 10.5 Å². The molecule has 3 rings (SSSR count). The topological polar surface area (TPSA) is 130 Å². The number of nitrogens with one attached hydrogen (secondary N) is 1. The number of carbonyl (C=O) groups excluding carboxylic acids is 1. The Labute approximate surface area is 152 Å². The lowest BCUT2D eigenvalue weighted by Gasteiger charge is -2.10. The Kier molecular flexibility index (Phi) is 5.03. The van der Waals surface area contributed by atoms with Crippen LogP contribution < -0.4 is 5.32 Å². The van der Waals surface area contributed by atoms with Gasteiger partial charge in [0.15, 0.2) is 5.65 Å². The van der Waals surface area contributed by atoms with Crippen molar-refractivity contribution in [2.75, 3.05) is 6.54 Å². The maximum Gasteiger partial charge on any atom is 0.322 e. The maximum atomic E-state index is 12.2. The van der Waals surface area contributed by atoms with Gasteiger partial charge in [-0.05, 0) is 19.1 Å². The van der Waals surface area contributed by atoms with Gasteiger partial charge in [-0.3, -0.25) is 14.6 Å². The van der Waals surface area contributed by atoms with Gasteiger partial charge in [0, 0.05) is 17.5 Å². The first-order valence-electron chi connectivity index (χ1n) is 7.56. The van der Waals surface area contributed by atoms with Crippen LogP contribution in [0.25, 0.3) is 5.65 Å². The lowest BCUT2D eigenvalue weighted by atomic mass is 10.2. The SMILES string of the molecule is Cc1cccc(CSc2cc(O)c(C(=O)NCC(=O)O)c3ncnn23)n1. The minimum Gasteiger partial charge on any atom is -0.507 e. The van der Waals surface area contributed by atoms with Crippen molar-refractivity contribution in [1.29, 1.82) is 0 Å². The number of carboxylic acids is 1. The van der Waals surface area contributed by atoms with E-state index >= 15 is 0 Å². The number of aromatic nitrogens is 4. The van der Waals surface area contributed by atoms with Crippen LogP contribution in [0.3, 0.4) is 0 Å². The Morgan fingerprint density at radius 1 is 1.35 bits per heavy atom. The molecule has 10 heteroatoms. The third-order valence-corrected chi connectivity index (χ3v) is 4.46. The van der Waals surface area contributed by atoms with Crippen LogP contribution in [-0.4, -0.2) is 48.2 Å². The first kappa shape index (κ1) is 17.7. The van der Waals surface area contributed by atoms with Crippen LogP contribution in [0.1, 0.15) is 21.7 Å². The minimum atomic E-state index is -1.19. The molecule has 0 atom stereocenters. The summed E-state index contributed by atoms with van der Waals surface area (Å²) in [5, 5.41) is 25.8. The molecule has 1 amide bonds.